The highest BCUT2D eigenvalue weighted by molar-refractivity contribution is 7.98. The van der Waals surface area contributed by atoms with E-state index in [-0.39, 0.29) is 0 Å². The lowest BCUT2D eigenvalue weighted by atomic mass is 10.3. The van der Waals surface area contributed by atoms with Crippen molar-refractivity contribution in [1.29, 1.82) is 0 Å². The lowest BCUT2D eigenvalue weighted by molar-refractivity contribution is 0.194. The van der Waals surface area contributed by atoms with Crippen molar-refractivity contribution >= 4 is 11.8 Å². The van der Waals surface area contributed by atoms with Crippen LogP contribution in [-0.2, 0) is 0 Å². The molecule has 0 fully saturated rings. The first kappa shape index (κ1) is 7.63. The van der Waals surface area contributed by atoms with Gasteiger partial charge in [-0.25, -0.2) is 4.98 Å². The normalized spacial score (nSPS) is 13.5. The van der Waals surface area contributed by atoms with Gasteiger partial charge < -0.3 is 10.1 Å². The average molecular weight is 158 g/mol. The third kappa shape index (κ3) is 1.52. The van der Waals surface area contributed by atoms with Crippen LogP contribution in [0.3, 0.4) is 0 Å². The number of aromatic nitrogens is 2. The first-order valence-corrected chi connectivity index (χ1v) is 4.23. The summed E-state index contributed by atoms with van der Waals surface area (Å²) in [4.78, 5) is 6.97. The molecule has 0 aromatic carbocycles. The number of aromatic amines is 1. The van der Waals surface area contributed by atoms with Gasteiger partial charge in [0.05, 0.1) is 18.0 Å². The van der Waals surface area contributed by atoms with Crippen LogP contribution in [0.5, 0.6) is 0 Å². The number of imidazole rings is 1. The number of aliphatic hydroxyl groups excluding tert-OH is 1. The number of thioether (sulfide) groups is 1. The van der Waals surface area contributed by atoms with E-state index in [0.29, 0.717) is 0 Å². The Bertz CT molecular complexity index is 209. The fourth-order valence-corrected chi connectivity index (χ4v) is 1.01. The third-order valence-electron chi connectivity index (χ3n) is 1.22. The quantitative estimate of drug-likeness (QED) is 0.635. The Hall–Kier alpha value is -0.480. The van der Waals surface area contributed by atoms with Crippen molar-refractivity contribution < 1.29 is 5.11 Å². The zero-order valence-corrected chi connectivity index (χ0v) is 6.77. The van der Waals surface area contributed by atoms with Crippen LogP contribution in [0.25, 0.3) is 0 Å². The molecule has 0 radical (unpaired) electrons. The molecule has 1 atom stereocenters. The maximum absolute atomic E-state index is 9.05. The summed E-state index contributed by atoms with van der Waals surface area (Å²) in [5, 5.41) is 9.90. The van der Waals surface area contributed by atoms with Gasteiger partial charge >= 0.3 is 0 Å². The second-order valence-electron chi connectivity index (χ2n) is 2.02. The van der Waals surface area contributed by atoms with Crippen LogP contribution in [0.4, 0.5) is 0 Å². The van der Waals surface area contributed by atoms with Gasteiger partial charge in [0.1, 0.15) is 0 Å². The Morgan fingerprint density at radius 1 is 1.80 bits per heavy atom. The fraction of sp³-hybridized carbons (Fsp3) is 0.500. The molecule has 56 valence electrons. The van der Waals surface area contributed by atoms with E-state index >= 15 is 0 Å². The van der Waals surface area contributed by atoms with Gasteiger partial charge in [-0.3, -0.25) is 0 Å². The highest BCUT2D eigenvalue weighted by Gasteiger charge is 2.03. The molecule has 1 heterocycles. The maximum atomic E-state index is 9.05. The molecule has 0 spiro atoms. The van der Waals surface area contributed by atoms with Crippen LogP contribution in [0.1, 0.15) is 18.7 Å². The van der Waals surface area contributed by atoms with Crippen molar-refractivity contribution in [2.45, 2.75) is 18.2 Å². The standard InChI is InChI=1S/C6H10N2OS/c1-4(9)5-3-7-6(8-5)10-2/h3-4,9H,1-2H3,(H,7,8). The van der Waals surface area contributed by atoms with Gasteiger partial charge in [0.15, 0.2) is 5.16 Å². The van der Waals surface area contributed by atoms with Crippen molar-refractivity contribution in [2.75, 3.05) is 6.26 Å². The smallest absolute Gasteiger partial charge is 0.165 e. The monoisotopic (exact) mass is 158 g/mol. The molecule has 0 bridgehead atoms. The zero-order valence-electron chi connectivity index (χ0n) is 5.96. The minimum Gasteiger partial charge on any atom is -0.387 e. The molecule has 4 heteroatoms. The molecule has 10 heavy (non-hydrogen) atoms. The van der Waals surface area contributed by atoms with Crippen molar-refractivity contribution in [1.82, 2.24) is 9.97 Å². The van der Waals surface area contributed by atoms with E-state index in [9.17, 15) is 0 Å². The molecule has 0 aliphatic carbocycles. The maximum Gasteiger partial charge on any atom is 0.165 e. The van der Waals surface area contributed by atoms with Gasteiger partial charge in [-0.15, -0.1) is 0 Å². The van der Waals surface area contributed by atoms with Gasteiger partial charge in [-0.05, 0) is 13.2 Å². The van der Waals surface area contributed by atoms with Crippen LogP contribution in [-0.4, -0.2) is 21.3 Å². The Morgan fingerprint density at radius 3 is 2.80 bits per heavy atom. The molecule has 0 aliphatic heterocycles. The van der Waals surface area contributed by atoms with E-state index in [1.165, 1.54) is 11.8 Å². The molecule has 1 rings (SSSR count). The molecule has 2 N–H and O–H groups in total. The second-order valence-corrected chi connectivity index (χ2v) is 2.82. The van der Waals surface area contributed by atoms with E-state index < -0.39 is 6.10 Å². The predicted octanol–water partition coefficient (Wildman–Crippen LogP) is 1.18. The molecule has 1 aromatic rings. The van der Waals surface area contributed by atoms with Gasteiger partial charge in [0, 0.05) is 0 Å². The van der Waals surface area contributed by atoms with Crippen LogP contribution in [0, 0.1) is 0 Å². The van der Waals surface area contributed by atoms with Gasteiger partial charge in [-0.1, -0.05) is 11.8 Å². The van der Waals surface area contributed by atoms with Crippen molar-refractivity contribution in [2.24, 2.45) is 0 Å². The molecular formula is C6H10N2OS. The van der Waals surface area contributed by atoms with Crippen molar-refractivity contribution in [3.8, 4) is 0 Å². The largest absolute Gasteiger partial charge is 0.387 e. The number of hydrogen-bond donors (Lipinski definition) is 2. The third-order valence-corrected chi connectivity index (χ3v) is 1.81. The van der Waals surface area contributed by atoms with E-state index in [1.54, 1.807) is 13.1 Å². The number of rotatable bonds is 2. The summed E-state index contributed by atoms with van der Waals surface area (Å²) < 4.78 is 0. The lowest BCUT2D eigenvalue weighted by Crippen LogP contribution is -1.89. The van der Waals surface area contributed by atoms with Gasteiger partial charge in [-0.2, -0.15) is 0 Å². The number of hydrogen-bond acceptors (Lipinski definition) is 3. The summed E-state index contributed by atoms with van der Waals surface area (Å²) in [6, 6.07) is 0. The Kier molecular flexibility index (Phi) is 2.34. The summed E-state index contributed by atoms with van der Waals surface area (Å²) in [5.74, 6) is 0. The second kappa shape index (κ2) is 3.07. The Morgan fingerprint density at radius 2 is 2.50 bits per heavy atom. The molecule has 1 aromatic heterocycles. The minimum absolute atomic E-state index is 0.451. The topological polar surface area (TPSA) is 48.9 Å². The number of H-pyrrole nitrogens is 1. The van der Waals surface area contributed by atoms with Gasteiger partial charge in [0.25, 0.3) is 0 Å². The molecular weight excluding hydrogens is 148 g/mol. The fourth-order valence-electron chi connectivity index (χ4n) is 0.632. The average Bonchev–Trinajstić information content (AvgIpc) is 2.34. The first-order chi connectivity index (χ1) is 4.74. The van der Waals surface area contributed by atoms with Crippen LogP contribution < -0.4 is 0 Å². The number of nitrogens with one attached hydrogen (secondary N) is 1. The predicted molar refractivity (Wildman–Crippen MR) is 41.0 cm³/mol. The number of aliphatic hydroxyl groups is 1. The summed E-state index contributed by atoms with van der Waals surface area (Å²) in [5.41, 5.74) is 0.768. The van der Waals surface area contributed by atoms with Gasteiger partial charge in [0.2, 0.25) is 0 Å². The van der Waals surface area contributed by atoms with Crippen LogP contribution in [0.15, 0.2) is 11.4 Å². The molecule has 0 saturated heterocycles. The summed E-state index contributed by atoms with van der Waals surface area (Å²) in [7, 11) is 0. The molecule has 1 unspecified atom stereocenters. The van der Waals surface area contributed by atoms with Crippen LogP contribution in [0.2, 0.25) is 0 Å². The van der Waals surface area contributed by atoms with E-state index in [2.05, 4.69) is 9.97 Å². The van der Waals surface area contributed by atoms with E-state index in [0.717, 1.165) is 10.9 Å². The summed E-state index contributed by atoms with van der Waals surface area (Å²) in [6.45, 7) is 1.71. The molecule has 0 saturated carbocycles. The highest BCUT2D eigenvalue weighted by atomic mass is 32.2. The Labute approximate surface area is 63.9 Å². The molecule has 0 amide bonds. The summed E-state index contributed by atoms with van der Waals surface area (Å²) in [6.07, 6.45) is 3.13. The SMILES string of the molecule is CSc1ncc(C(C)O)[nH]1. The van der Waals surface area contributed by atoms with Crippen molar-refractivity contribution in [3.05, 3.63) is 11.9 Å². The molecule has 3 nitrogen and oxygen atoms in total. The minimum atomic E-state index is -0.451. The highest BCUT2D eigenvalue weighted by Crippen LogP contribution is 2.13. The van der Waals surface area contributed by atoms with Crippen LogP contribution >= 0.6 is 11.8 Å². The molecule has 0 aliphatic rings. The van der Waals surface area contributed by atoms with Crippen molar-refractivity contribution in [3.63, 3.8) is 0 Å². The first-order valence-electron chi connectivity index (χ1n) is 3.01. The zero-order chi connectivity index (χ0) is 7.56. The Balaban J connectivity index is 2.78. The lowest BCUT2D eigenvalue weighted by Gasteiger charge is -1.96. The van der Waals surface area contributed by atoms with E-state index in [1.807, 2.05) is 6.26 Å². The summed E-state index contributed by atoms with van der Waals surface area (Å²) >= 11 is 1.53. The number of nitrogens with zero attached hydrogens (tertiary/aromatic N) is 1. The van der Waals surface area contributed by atoms with E-state index in [4.69, 9.17) is 5.11 Å².